The molecule has 0 saturated heterocycles. The average molecular weight is 358 g/mol. The fraction of sp³-hybridized carbons (Fsp3) is 0.222. The topological polar surface area (TPSA) is 39.2 Å². The van der Waals surface area contributed by atoms with Crippen molar-refractivity contribution in [1.29, 1.82) is 0 Å². The molecule has 1 aliphatic heterocycles. The summed E-state index contributed by atoms with van der Waals surface area (Å²) in [7, 11) is 0. The van der Waals surface area contributed by atoms with Gasteiger partial charge in [0, 0.05) is 28.2 Å². The molecule has 0 aliphatic carbocycles. The van der Waals surface area contributed by atoms with E-state index in [4.69, 9.17) is 4.74 Å². The minimum absolute atomic E-state index is 0.0540. The van der Waals surface area contributed by atoms with Crippen molar-refractivity contribution in [2.45, 2.75) is 20.0 Å². The second-order valence-electron chi connectivity index (χ2n) is 5.15. The number of hydrogen-bond donors (Lipinski definition) is 0. The highest BCUT2D eigenvalue weighted by atomic mass is 79.9. The number of halogens is 1. The van der Waals surface area contributed by atoms with E-state index in [2.05, 4.69) is 33.1 Å². The first kappa shape index (κ1) is 15.0. The molecule has 0 spiro atoms. The first-order chi connectivity index (χ1) is 10.7. The van der Waals surface area contributed by atoms with Gasteiger partial charge in [-0.3, -0.25) is 9.78 Å². The lowest BCUT2D eigenvalue weighted by atomic mass is 9.94. The molecule has 1 aliphatic rings. The molecule has 0 atom stereocenters. The van der Waals surface area contributed by atoms with Crippen LogP contribution in [0.25, 0.3) is 5.57 Å². The number of allylic oxidation sites excluding steroid dienone is 1. The van der Waals surface area contributed by atoms with Crippen molar-refractivity contribution in [3.05, 3.63) is 65.0 Å². The summed E-state index contributed by atoms with van der Waals surface area (Å²) < 4.78 is 5.89. The number of aromatic nitrogens is 1. The predicted octanol–water partition coefficient (Wildman–Crippen LogP) is 4.39. The Morgan fingerprint density at radius 2 is 2.23 bits per heavy atom. The fourth-order valence-electron chi connectivity index (χ4n) is 2.59. The number of rotatable bonds is 3. The molecule has 2 heterocycles. The summed E-state index contributed by atoms with van der Waals surface area (Å²) in [5.41, 5.74) is 4.73. The van der Waals surface area contributed by atoms with Gasteiger partial charge in [-0.1, -0.05) is 28.1 Å². The quantitative estimate of drug-likeness (QED) is 0.603. The van der Waals surface area contributed by atoms with Gasteiger partial charge in [-0.05, 0) is 43.2 Å². The molecule has 0 bridgehead atoms. The summed E-state index contributed by atoms with van der Waals surface area (Å²) in [5.74, 6) is 0.849. The number of alkyl halides is 1. The highest BCUT2D eigenvalue weighted by molar-refractivity contribution is 9.09. The molecule has 3 rings (SSSR count). The molecule has 0 saturated carbocycles. The van der Waals surface area contributed by atoms with Gasteiger partial charge in [-0.15, -0.1) is 0 Å². The first-order valence-electron chi connectivity index (χ1n) is 7.19. The second-order valence-corrected chi connectivity index (χ2v) is 5.94. The van der Waals surface area contributed by atoms with E-state index < -0.39 is 0 Å². The molecule has 2 aromatic rings. The van der Waals surface area contributed by atoms with Gasteiger partial charge in [0.05, 0.1) is 5.69 Å². The Kier molecular flexibility index (Phi) is 4.39. The highest BCUT2D eigenvalue weighted by Crippen LogP contribution is 2.37. The van der Waals surface area contributed by atoms with Crippen molar-refractivity contribution in [2.75, 3.05) is 5.33 Å². The summed E-state index contributed by atoms with van der Waals surface area (Å²) in [5, 5.41) is 0.884. The molecule has 3 nitrogen and oxygen atoms in total. The van der Waals surface area contributed by atoms with E-state index in [9.17, 15) is 4.79 Å². The van der Waals surface area contributed by atoms with Gasteiger partial charge >= 0.3 is 0 Å². The van der Waals surface area contributed by atoms with E-state index in [1.807, 2.05) is 24.3 Å². The second kappa shape index (κ2) is 6.44. The molecule has 0 amide bonds. The van der Waals surface area contributed by atoms with Gasteiger partial charge < -0.3 is 4.74 Å². The Morgan fingerprint density at radius 1 is 1.36 bits per heavy atom. The lowest BCUT2D eigenvalue weighted by Crippen LogP contribution is -1.98. The lowest BCUT2D eigenvalue weighted by molar-refractivity contribution is 0.101. The number of carbonyl (C=O) groups excluding carboxylic acids is 1. The van der Waals surface area contributed by atoms with Crippen LogP contribution in [0.5, 0.6) is 5.75 Å². The van der Waals surface area contributed by atoms with Crippen molar-refractivity contribution in [2.24, 2.45) is 0 Å². The summed E-state index contributed by atoms with van der Waals surface area (Å²) >= 11 is 3.47. The Labute approximate surface area is 138 Å². The lowest BCUT2D eigenvalue weighted by Gasteiger charge is -2.11. The maximum absolute atomic E-state index is 11.7. The number of carbonyl (C=O) groups is 1. The average Bonchev–Trinajstić information content (AvgIpc) is 2.69. The van der Waals surface area contributed by atoms with E-state index in [1.54, 1.807) is 13.1 Å². The number of benzene rings is 1. The van der Waals surface area contributed by atoms with Crippen molar-refractivity contribution in [3.8, 4) is 5.75 Å². The molecule has 0 N–H and O–H groups in total. The van der Waals surface area contributed by atoms with E-state index in [0.29, 0.717) is 12.2 Å². The van der Waals surface area contributed by atoms with Gasteiger partial charge in [0.2, 0.25) is 0 Å². The molecule has 4 heteroatoms. The first-order valence-corrected chi connectivity index (χ1v) is 8.31. The molecular weight excluding hydrogens is 342 g/mol. The van der Waals surface area contributed by atoms with Crippen LogP contribution in [0.2, 0.25) is 0 Å². The molecule has 0 fully saturated rings. The fourth-order valence-corrected chi connectivity index (χ4v) is 2.82. The van der Waals surface area contributed by atoms with Crippen LogP contribution in [0.1, 0.15) is 40.5 Å². The van der Waals surface area contributed by atoms with Crippen LogP contribution in [-0.2, 0) is 6.61 Å². The zero-order chi connectivity index (χ0) is 15.5. The van der Waals surface area contributed by atoms with Gasteiger partial charge in [-0.25, -0.2) is 0 Å². The van der Waals surface area contributed by atoms with Gasteiger partial charge in [0.1, 0.15) is 12.4 Å². The third kappa shape index (κ3) is 2.83. The molecule has 1 aromatic carbocycles. The zero-order valence-electron chi connectivity index (χ0n) is 12.3. The van der Waals surface area contributed by atoms with E-state index >= 15 is 0 Å². The van der Waals surface area contributed by atoms with Gasteiger partial charge in [0.25, 0.3) is 0 Å². The SMILES string of the molecule is CC(=O)c1ccc2c(c1)/C(=C/CCBr)c1cccnc1CO2. The molecule has 112 valence electrons. The maximum atomic E-state index is 11.7. The van der Waals surface area contributed by atoms with Crippen molar-refractivity contribution in [1.82, 2.24) is 4.98 Å². The number of nitrogens with zero attached hydrogens (tertiary/aromatic N) is 1. The minimum atomic E-state index is 0.0540. The number of hydrogen-bond acceptors (Lipinski definition) is 3. The Balaban J connectivity index is 2.21. The molecular formula is C18H16BrNO2. The van der Waals surface area contributed by atoms with Gasteiger partial charge in [-0.2, -0.15) is 0 Å². The summed E-state index contributed by atoms with van der Waals surface area (Å²) in [4.78, 5) is 16.1. The minimum Gasteiger partial charge on any atom is -0.487 e. The van der Waals surface area contributed by atoms with Crippen molar-refractivity contribution in [3.63, 3.8) is 0 Å². The van der Waals surface area contributed by atoms with Crippen LogP contribution in [0.3, 0.4) is 0 Å². The van der Waals surface area contributed by atoms with Gasteiger partial charge in [0.15, 0.2) is 5.78 Å². The maximum Gasteiger partial charge on any atom is 0.159 e. The monoisotopic (exact) mass is 357 g/mol. The number of Topliss-reactive ketones (excluding diaryl/α,β-unsaturated/α-hetero) is 1. The van der Waals surface area contributed by atoms with Crippen LogP contribution in [0.15, 0.2) is 42.6 Å². The number of fused-ring (bicyclic) bond motifs is 2. The summed E-state index contributed by atoms with van der Waals surface area (Å²) in [6, 6.07) is 9.59. The Hall–Kier alpha value is -1.94. The van der Waals surface area contributed by atoms with E-state index in [1.165, 1.54) is 0 Å². The Morgan fingerprint density at radius 3 is 3.00 bits per heavy atom. The molecule has 0 unspecified atom stereocenters. The standard InChI is InChI=1S/C18H16BrNO2/c1-12(21)13-6-7-18-16(10-13)14(4-2-8-19)15-5-3-9-20-17(15)11-22-18/h3-7,9-10H,2,8,11H2,1H3/b14-4+. The number of ketones is 1. The summed E-state index contributed by atoms with van der Waals surface area (Å²) in [6.07, 6.45) is 4.85. The molecule has 22 heavy (non-hydrogen) atoms. The van der Waals surface area contributed by atoms with E-state index in [0.717, 1.165) is 39.9 Å². The van der Waals surface area contributed by atoms with E-state index in [-0.39, 0.29) is 5.78 Å². The van der Waals surface area contributed by atoms with Crippen molar-refractivity contribution >= 4 is 27.3 Å². The number of pyridine rings is 1. The normalized spacial score (nSPS) is 14.7. The zero-order valence-corrected chi connectivity index (χ0v) is 13.9. The van der Waals surface area contributed by atoms with Crippen LogP contribution in [0.4, 0.5) is 0 Å². The largest absolute Gasteiger partial charge is 0.487 e. The Bertz CT molecular complexity index is 753. The smallest absolute Gasteiger partial charge is 0.159 e. The molecule has 0 radical (unpaired) electrons. The van der Waals surface area contributed by atoms with Crippen LogP contribution < -0.4 is 4.74 Å². The third-order valence-electron chi connectivity index (χ3n) is 3.68. The van der Waals surface area contributed by atoms with Crippen LogP contribution in [-0.4, -0.2) is 16.1 Å². The third-order valence-corrected chi connectivity index (χ3v) is 4.14. The van der Waals surface area contributed by atoms with Crippen LogP contribution >= 0.6 is 15.9 Å². The highest BCUT2D eigenvalue weighted by Gasteiger charge is 2.20. The summed E-state index contributed by atoms with van der Waals surface area (Å²) in [6.45, 7) is 2.02. The molecule has 1 aromatic heterocycles. The predicted molar refractivity (Wildman–Crippen MR) is 90.5 cm³/mol. The van der Waals surface area contributed by atoms with Crippen molar-refractivity contribution < 1.29 is 9.53 Å². The van der Waals surface area contributed by atoms with Crippen LogP contribution in [0, 0.1) is 0 Å². The number of ether oxygens (including phenoxy) is 1.